The van der Waals surface area contributed by atoms with Gasteiger partial charge >= 0.3 is 0 Å². The van der Waals surface area contributed by atoms with Crippen LogP contribution in [0.15, 0.2) is 24.3 Å². The molecule has 0 unspecified atom stereocenters. The van der Waals surface area contributed by atoms with Crippen molar-refractivity contribution in [1.29, 1.82) is 5.26 Å². The number of fused-ring (bicyclic) bond motifs is 1. The lowest BCUT2D eigenvalue weighted by atomic mass is 10.0. The maximum Gasteiger partial charge on any atom is 0.243 e. The van der Waals surface area contributed by atoms with Gasteiger partial charge in [0, 0.05) is 19.1 Å². The number of anilines is 1. The Kier molecular flexibility index (Phi) is 4.20. The number of aromatic nitrogens is 2. The first-order valence-electron chi connectivity index (χ1n) is 8.55. The molecule has 0 radical (unpaired) electrons. The molecule has 1 saturated carbocycles. The van der Waals surface area contributed by atoms with Crippen LogP contribution in [0.4, 0.5) is 5.82 Å². The third kappa shape index (κ3) is 3.26. The number of nitriles is 1. The summed E-state index contributed by atoms with van der Waals surface area (Å²) in [6.45, 7) is 2.53. The summed E-state index contributed by atoms with van der Waals surface area (Å²) in [5.74, 6) is -0.640. The van der Waals surface area contributed by atoms with E-state index in [0.29, 0.717) is 43.3 Å². The number of amides is 1. The van der Waals surface area contributed by atoms with E-state index >= 15 is 0 Å². The molecule has 4 rings (SSSR count). The lowest BCUT2D eigenvalue weighted by molar-refractivity contribution is -0.121. The van der Waals surface area contributed by atoms with E-state index in [1.54, 1.807) is 0 Å². The summed E-state index contributed by atoms with van der Waals surface area (Å²) in [5.41, 5.74) is 1.88. The summed E-state index contributed by atoms with van der Waals surface area (Å²) in [6, 6.07) is 9.84. The standard InChI is InChI=1S/C18H19N5O2/c19-11-13(18(24)20-12-5-6-12)16-17(23-7-9-25-10-8-23)22-15-4-2-1-3-14(15)21-16/h1-4,12-13H,5-10H2,(H,20,24)/t13-/m1/s1. The molecule has 1 aromatic heterocycles. The Labute approximate surface area is 145 Å². The summed E-state index contributed by atoms with van der Waals surface area (Å²) < 4.78 is 5.41. The predicted molar refractivity (Wildman–Crippen MR) is 92.1 cm³/mol. The number of carbonyl (C=O) groups is 1. The number of ether oxygens (including phenoxy) is 1. The minimum Gasteiger partial charge on any atom is -0.378 e. The van der Waals surface area contributed by atoms with Gasteiger partial charge in [0.1, 0.15) is 5.69 Å². The molecule has 7 nitrogen and oxygen atoms in total. The van der Waals surface area contributed by atoms with Crippen molar-refractivity contribution in [3.05, 3.63) is 30.0 Å². The lowest BCUT2D eigenvalue weighted by Gasteiger charge is -2.29. The van der Waals surface area contributed by atoms with Crippen molar-refractivity contribution in [2.24, 2.45) is 0 Å². The van der Waals surface area contributed by atoms with Crippen LogP contribution >= 0.6 is 0 Å². The molecule has 2 fully saturated rings. The van der Waals surface area contributed by atoms with Crippen LogP contribution in [0.25, 0.3) is 11.0 Å². The summed E-state index contributed by atoms with van der Waals surface area (Å²) in [6.07, 6.45) is 1.95. The fourth-order valence-electron chi connectivity index (χ4n) is 2.96. The monoisotopic (exact) mass is 337 g/mol. The van der Waals surface area contributed by atoms with Crippen LogP contribution in [-0.2, 0) is 9.53 Å². The number of hydrogen-bond donors (Lipinski definition) is 1. The minimum atomic E-state index is -0.962. The van der Waals surface area contributed by atoms with E-state index in [4.69, 9.17) is 9.72 Å². The zero-order chi connectivity index (χ0) is 17.2. The van der Waals surface area contributed by atoms with Gasteiger partial charge in [-0.15, -0.1) is 0 Å². The highest BCUT2D eigenvalue weighted by molar-refractivity contribution is 5.89. The number of para-hydroxylation sites is 2. The van der Waals surface area contributed by atoms with Crippen molar-refractivity contribution in [2.75, 3.05) is 31.2 Å². The molecule has 1 aliphatic heterocycles. The molecule has 1 amide bonds. The van der Waals surface area contributed by atoms with Crippen LogP contribution < -0.4 is 10.2 Å². The number of morpholine rings is 1. The summed E-state index contributed by atoms with van der Waals surface area (Å²) in [4.78, 5) is 24.0. The molecule has 2 heterocycles. The molecular formula is C18H19N5O2. The molecule has 2 aliphatic rings. The Morgan fingerprint density at radius 3 is 2.56 bits per heavy atom. The average molecular weight is 337 g/mol. The molecular weight excluding hydrogens is 318 g/mol. The second-order valence-corrected chi connectivity index (χ2v) is 6.37. The first-order chi connectivity index (χ1) is 12.3. The van der Waals surface area contributed by atoms with Gasteiger partial charge in [-0.25, -0.2) is 9.97 Å². The Morgan fingerprint density at radius 1 is 1.24 bits per heavy atom. The molecule has 7 heteroatoms. The molecule has 2 aromatic rings. The summed E-state index contributed by atoms with van der Waals surface area (Å²) in [5, 5.41) is 12.6. The van der Waals surface area contributed by atoms with E-state index in [1.165, 1.54) is 0 Å². The Bertz CT molecular complexity index is 837. The third-order valence-electron chi connectivity index (χ3n) is 4.48. The number of benzene rings is 1. The molecule has 1 saturated heterocycles. The van der Waals surface area contributed by atoms with Crippen LogP contribution in [-0.4, -0.2) is 48.2 Å². The topological polar surface area (TPSA) is 91.1 Å². The fraction of sp³-hybridized carbons (Fsp3) is 0.444. The lowest BCUT2D eigenvalue weighted by Crippen LogP contribution is -2.39. The van der Waals surface area contributed by atoms with Crippen molar-refractivity contribution < 1.29 is 9.53 Å². The van der Waals surface area contributed by atoms with Crippen LogP contribution in [0.2, 0.25) is 0 Å². The molecule has 1 N–H and O–H groups in total. The Hall–Kier alpha value is -2.72. The summed E-state index contributed by atoms with van der Waals surface area (Å²) in [7, 11) is 0. The highest BCUT2D eigenvalue weighted by Gasteiger charge is 2.32. The molecule has 1 aliphatic carbocycles. The molecule has 0 bridgehead atoms. The van der Waals surface area contributed by atoms with Gasteiger partial charge in [-0.05, 0) is 25.0 Å². The van der Waals surface area contributed by atoms with E-state index in [9.17, 15) is 10.1 Å². The molecule has 1 atom stereocenters. The van der Waals surface area contributed by atoms with Crippen molar-refractivity contribution in [3.8, 4) is 6.07 Å². The number of rotatable bonds is 4. The second kappa shape index (κ2) is 6.65. The first-order valence-corrected chi connectivity index (χ1v) is 8.55. The van der Waals surface area contributed by atoms with Gasteiger partial charge < -0.3 is 15.0 Å². The van der Waals surface area contributed by atoms with Crippen LogP contribution in [0, 0.1) is 11.3 Å². The fourth-order valence-corrected chi connectivity index (χ4v) is 2.96. The van der Waals surface area contributed by atoms with Crippen LogP contribution in [0.1, 0.15) is 24.5 Å². The van der Waals surface area contributed by atoms with Gasteiger partial charge in [-0.1, -0.05) is 12.1 Å². The van der Waals surface area contributed by atoms with E-state index in [-0.39, 0.29) is 11.9 Å². The highest BCUT2D eigenvalue weighted by Crippen LogP contribution is 2.29. The zero-order valence-corrected chi connectivity index (χ0v) is 13.8. The third-order valence-corrected chi connectivity index (χ3v) is 4.48. The molecule has 128 valence electrons. The quantitative estimate of drug-likeness (QED) is 0.905. The molecule has 25 heavy (non-hydrogen) atoms. The first kappa shape index (κ1) is 15.8. The summed E-state index contributed by atoms with van der Waals surface area (Å²) >= 11 is 0. The predicted octanol–water partition coefficient (Wildman–Crippen LogP) is 1.35. The average Bonchev–Trinajstić information content (AvgIpc) is 3.46. The Morgan fingerprint density at radius 2 is 1.92 bits per heavy atom. The molecule has 1 aromatic carbocycles. The van der Waals surface area contributed by atoms with Gasteiger partial charge in [-0.3, -0.25) is 4.79 Å². The smallest absolute Gasteiger partial charge is 0.243 e. The van der Waals surface area contributed by atoms with Gasteiger partial charge in [0.05, 0.1) is 30.3 Å². The number of hydrogen-bond acceptors (Lipinski definition) is 6. The number of nitrogens with zero attached hydrogens (tertiary/aromatic N) is 4. The molecule has 0 spiro atoms. The van der Waals surface area contributed by atoms with Crippen molar-refractivity contribution >= 4 is 22.8 Å². The van der Waals surface area contributed by atoms with E-state index in [2.05, 4.69) is 16.4 Å². The van der Waals surface area contributed by atoms with Gasteiger partial charge in [0.2, 0.25) is 5.91 Å². The van der Waals surface area contributed by atoms with E-state index in [1.807, 2.05) is 29.2 Å². The van der Waals surface area contributed by atoms with Gasteiger partial charge in [0.25, 0.3) is 0 Å². The van der Waals surface area contributed by atoms with Crippen LogP contribution in [0.5, 0.6) is 0 Å². The number of carbonyl (C=O) groups excluding carboxylic acids is 1. The van der Waals surface area contributed by atoms with Crippen LogP contribution in [0.3, 0.4) is 0 Å². The zero-order valence-electron chi connectivity index (χ0n) is 13.8. The van der Waals surface area contributed by atoms with Gasteiger partial charge in [-0.2, -0.15) is 5.26 Å². The number of nitrogens with one attached hydrogen (secondary N) is 1. The maximum atomic E-state index is 12.6. The van der Waals surface area contributed by atoms with E-state index < -0.39 is 5.92 Å². The highest BCUT2D eigenvalue weighted by atomic mass is 16.5. The van der Waals surface area contributed by atoms with E-state index in [0.717, 1.165) is 18.4 Å². The maximum absolute atomic E-state index is 12.6. The Balaban J connectivity index is 1.78. The SMILES string of the molecule is N#C[C@@H](C(=O)NC1CC1)c1nc2ccccc2nc1N1CCOCC1. The van der Waals surface area contributed by atoms with Crippen molar-refractivity contribution in [1.82, 2.24) is 15.3 Å². The second-order valence-electron chi connectivity index (χ2n) is 6.37. The normalized spacial score (nSPS) is 18.6. The van der Waals surface area contributed by atoms with Crippen molar-refractivity contribution in [2.45, 2.75) is 24.8 Å². The van der Waals surface area contributed by atoms with Gasteiger partial charge in [0.15, 0.2) is 11.7 Å². The largest absolute Gasteiger partial charge is 0.378 e. The van der Waals surface area contributed by atoms with Crippen molar-refractivity contribution in [3.63, 3.8) is 0 Å². The minimum absolute atomic E-state index is 0.198.